The van der Waals surface area contributed by atoms with E-state index in [1.54, 1.807) is 39.2 Å². The molecule has 0 aliphatic rings. The van der Waals surface area contributed by atoms with Crippen molar-refractivity contribution in [3.8, 4) is 22.9 Å². The molecule has 1 aromatic carbocycles. The second-order valence-corrected chi connectivity index (χ2v) is 5.48. The van der Waals surface area contributed by atoms with Crippen molar-refractivity contribution in [3.05, 3.63) is 41.1 Å². The number of amides is 1. The van der Waals surface area contributed by atoms with Crippen LogP contribution in [0.4, 0.5) is 0 Å². The molecule has 2 aromatic heterocycles. The molecule has 9 nitrogen and oxygen atoms in total. The van der Waals surface area contributed by atoms with Crippen LogP contribution in [0.5, 0.6) is 11.5 Å². The third kappa shape index (κ3) is 3.37. The molecular weight excluding hydrogens is 340 g/mol. The van der Waals surface area contributed by atoms with Gasteiger partial charge in [-0.2, -0.15) is 4.98 Å². The number of nitrogens with one attached hydrogen (secondary N) is 1. The van der Waals surface area contributed by atoms with Crippen molar-refractivity contribution in [2.45, 2.75) is 20.4 Å². The van der Waals surface area contributed by atoms with E-state index >= 15 is 0 Å². The third-order valence-electron chi connectivity index (χ3n) is 3.87. The first-order valence-electron chi connectivity index (χ1n) is 7.79. The smallest absolute Gasteiger partial charge is 0.316 e. The molecule has 0 aliphatic carbocycles. The Morgan fingerprint density at radius 2 is 1.88 bits per heavy atom. The quantitative estimate of drug-likeness (QED) is 0.714. The minimum Gasteiger partial charge on any atom is -0.493 e. The summed E-state index contributed by atoms with van der Waals surface area (Å²) >= 11 is 0. The summed E-state index contributed by atoms with van der Waals surface area (Å²) in [5, 5.41) is 10.4. The fraction of sp³-hybridized carbons (Fsp3) is 0.294. The standard InChI is InChI=1S/C17H18N4O5/c1-9-12(10(2)25-20-9)8-18-16(22)17-19-15(21-26-17)11-5-6-13(23-3)14(7-11)24-4/h5-7H,8H2,1-4H3,(H,18,22). The van der Waals surface area contributed by atoms with E-state index in [-0.39, 0.29) is 18.3 Å². The Morgan fingerprint density at radius 1 is 1.12 bits per heavy atom. The molecule has 26 heavy (non-hydrogen) atoms. The Balaban J connectivity index is 1.74. The third-order valence-corrected chi connectivity index (χ3v) is 3.87. The molecule has 0 unspecified atom stereocenters. The molecule has 0 bridgehead atoms. The lowest BCUT2D eigenvalue weighted by molar-refractivity contribution is 0.0907. The summed E-state index contributed by atoms with van der Waals surface area (Å²) in [7, 11) is 3.08. The number of hydrogen-bond donors (Lipinski definition) is 1. The first-order valence-corrected chi connectivity index (χ1v) is 7.79. The van der Waals surface area contributed by atoms with Crippen molar-refractivity contribution in [1.82, 2.24) is 20.6 Å². The fourth-order valence-electron chi connectivity index (χ4n) is 2.41. The number of benzene rings is 1. The average molecular weight is 358 g/mol. The van der Waals surface area contributed by atoms with Crippen LogP contribution in [-0.2, 0) is 6.54 Å². The molecule has 3 rings (SSSR count). The number of ether oxygens (including phenoxy) is 2. The highest BCUT2D eigenvalue weighted by Gasteiger charge is 2.18. The molecule has 0 saturated carbocycles. The molecular formula is C17H18N4O5. The van der Waals surface area contributed by atoms with Crippen molar-refractivity contribution in [2.75, 3.05) is 14.2 Å². The number of nitrogens with zero attached hydrogens (tertiary/aromatic N) is 3. The maximum Gasteiger partial charge on any atom is 0.316 e. The maximum atomic E-state index is 12.2. The van der Waals surface area contributed by atoms with Crippen molar-refractivity contribution in [1.29, 1.82) is 0 Å². The zero-order valence-electron chi connectivity index (χ0n) is 14.8. The second-order valence-electron chi connectivity index (χ2n) is 5.48. The van der Waals surface area contributed by atoms with E-state index in [0.29, 0.717) is 22.8 Å². The van der Waals surface area contributed by atoms with Gasteiger partial charge < -0.3 is 23.8 Å². The molecule has 9 heteroatoms. The predicted molar refractivity (Wildman–Crippen MR) is 90.0 cm³/mol. The van der Waals surface area contributed by atoms with E-state index < -0.39 is 5.91 Å². The minimum absolute atomic E-state index is 0.137. The molecule has 0 fully saturated rings. The van der Waals surface area contributed by atoms with Gasteiger partial charge in [0.25, 0.3) is 0 Å². The molecule has 1 N–H and O–H groups in total. The van der Waals surface area contributed by atoms with Crippen LogP contribution in [0, 0.1) is 13.8 Å². The monoisotopic (exact) mass is 358 g/mol. The highest BCUT2D eigenvalue weighted by molar-refractivity contribution is 5.89. The molecule has 0 aliphatic heterocycles. The number of carbonyl (C=O) groups is 1. The molecule has 2 heterocycles. The fourth-order valence-corrected chi connectivity index (χ4v) is 2.41. The predicted octanol–water partition coefficient (Wildman–Crippen LogP) is 2.29. The number of rotatable bonds is 6. The molecule has 0 radical (unpaired) electrons. The van der Waals surface area contributed by atoms with Crippen LogP contribution in [-0.4, -0.2) is 35.4 Å². The Bertz CT molecular complexity index is 912. The minimum atomic E-state index is -0.482. The van der Waals surface area contributed by atoms with Gasteiger partial charge in [-0.15, -0.1) is 0 Å². The molecule has 0 spiro atoms. The van der Waals surface area contributed by atoms with E-state index in [0.717, 1.165) is 11.3 Å². The Morgan fingerprint density at radius 3 is 2.54 bits per heavy atom. The number of aryl methyl sites for hydroxylation is 2. The molecule has 136 valence electrons. The van der Waals surface area contributed by atoms with Crippen LogP contribution >= 0.6 is 0 Å². The summed E-state index contributed by atoms with van der Waals surface area (Å²) in [6, 6.07) is 5.18. The number of methoxy groups -OCH3 is 2. The molecule has 1 amide bonds. The van der Waals surface area contributed by atoms with E-state index in [9.17, 15) is 4.79 Å². The first-order chi connectivity index (χ1) is 12.5. The van der Waals surface area contributed by atoms with Crippen molar-refractivity contribution < 1.29 is 23.3 Å². The van der Waals surface area contributed by atoms with Gasteiger partial charge in [0, 0.05) is 17.7 Å². The van der Waals surface area contributed by atoms with Crippen LogP contribution in [0.3, 0.4) is 0 Å². The Labute approximate surface area is 149 Å². The lowest BCUT2D eigenvalue weighted by atomic mass is 10.2. The average Bonchev–Trinajstić information content (AvgIpc) is 3.27. The van der Waals surface area contributed by atoms with Gasteiger partial charge in [0.1, 0.15) is 5.76 Å². The summed E-state index contributed by atoms with van der Waals surface area (Å²) in [5.41, 5.74) is 2.17. The van der Waals surface area contributed by atoms with E-state index in [1.807, 2.05) is 0 Å². The van der Waals surface area contributed by atoms with Gasteiger partial charge in [0.05, 0.1) is 19.9 Å². The van der Waals surface area contributed by atoms with Gasteiger partial charge in [0.15, 0.2) is 11.5 Å². The second kappa shape index (κ2) is 7.26. The first kappa shape index (κ1) is 17.5. The van der Waals surface area contributed by atoms with Gasteiger partial charge in [-0.05, 0) is 32.0 Å². The highest BCUT2D eigenvalue weighted by atomic mass is 16.5. The van der Waals surface area contributed by atoms with Crippen LogP contribution in [0.25, 0.3) is 11.4 Å². The van der Waals surface area contributed by atoms with Crippen LogP contribution in [0.15, 0.2) is 27.2 Å². The highest BCUT2D eigenvalue weighted by Crippen LogP contribution is 2.31. The van der Waals surface area contributed by atoms with Crippen LogP contribution in [0.1, 0.15) is 27.7 Å². The largest absolute Gasteiger partial charge is 0.493 e. The number of carbonyl (C=O) groups excluding carboxylic acids is 1. The zero-order chi connectivity index (χ0) is 18.7. The van der Waals surface area contributed by atoms with Crippen LogP contribution in [0.2, 0.25) is 0 Å². The number of aromatic nitrogens is 3. The van der Waals surface area contributed by atoms with Gasteiger partial charge in [-0.1, -0.05) is 10.3 Å². The lowest BCUT2D eigenvalue weighted by Crippen LogP contribution is -2.23. The summed E-state index contributed by atoms with van der Waals surface area (Å²) in [4.78, 5) is 16.4. The summed E-state index contributed by atoms with van der Waals surface area (Å²) in [6.45, 7) is 3.84. The van der Waals surface area contributed by atoms with Crippen molar-refractivity contribution in [2.24, 2.45) is 0 Å². The summed E-state index contributed by atoms with van der Waals surface area (Å²) in [5.74, 6) is 1.41. The molecule has 0 atom stereocenters. The van der Waals surface area contributed by atoms with Crippen LogP contribution < -0.4 is 14.8 Å². The lowest BCUT2D eigenvalue weighted by Gasteiger charge is -2.07. The topological polar surface area (TPSA) is 113 Å². The van der Waals surface area contributed by atoms with E-state index in [1.165, 1.54) is 7.11 Å². The number of hydrogen-bond acceptors (Lipinski definition) is 8. The van der Waals surface area contributed by atoms with Gasteiger partial charge in [-0.3, -0.25) is 4.79 Å². The van der Waals surface area contributed by atoms with E-state index in [4.69, 9.17) is 18.5 Å². The van der Waals surface area contributed by atoms with Crippen molar-refractivity contribution >= 4 is 5.91 Å². The van der Waals surface area contributed by atoms with Gasteiger partial charge in [-0.25, -0.2) is 0 Å². The van der Waals surface area contributed by atoms with Gasteiger partial charge >= 0.3 is 11.8 Å². The molecule has 3 aromatic rings. The van der Waals surface area contributed by atoms with Crippen molar-refractivity contribution in [3.63, 3.8) is 0 Å². The maximum absolute atomic E-state index is 12.2. The normalized spacial score (nSPS) is 10.6. The SMILES string of the molecule is COc1ccc(-c2noc(C(=O)NCc3c(C)noc3C)n2)cc1OC. The van der Waals surface area contributed by atoms with E-state index in [2.05, 4.69) is 20.6 Å². The van der Waals surface area contributed by atoms with Gasteiger partial charge in [0.2, 0.25) is 5.82 Å². The molecule has 0 saturated heterocycles. The Kier molecular flexibility index (Phi) is 4.87. The summed E-state index contributed by atoms with van der Waals surface area (Å²) in [6.07, 6.45) is 0. The zero-order valence-corrected chi connectivity index (χ0v) is 14.8. The Hall–Kier alpha value is -3.36. The summed E-state index contributed by atoms with van der Waals surface area (Å²) < 4.78 is 20.6.